The van der Waals surface area contributed by atoms with Gasteiger partial charge in [-0.2, -0.15) is 0 Å². The lowest BCUT2D eigenvalue weighted by molar-refractivity contribution is -0.167. The number of hydrogen-bond acceptors (Lipinski definition) is 6. The Bertz CT molecular complexity index is 1600. The molecule has 77 heavy (non-hydrogen) atoms. The first-order valence-corrected chi connectivity index (χ1v) is 32.0. The molecule has 0 aromatic rings. The normalized spacial score (nSPS) is 12.9. The average Bonchev–Trinajstić information content (AvgIpc) is 3.43. The molecule has 0 N–H and O–H groups in total. The average molecular weight is 1070 g/mol. The highest BCUT2D eigenvalue weighted by Crippen LogP contribution is 2.15. The minimum absolute atomic E-state index is 0.0963. The van der Waals surface area contributed by atoms with Gasteiger partial charge in [-0.25, -0.2) is 0 Å². The molecule has 0 bridgehead atoms. The Hall–Kier alpha value is -4.19. The summed E-state index contributed by atoms with van der Waals surface area (Å²) in [4.78, 5) is 38.3. The largest absolute Gasteiger partial charge is 0.462 e. The molecule has 0 fully saturated rings. The van der Waals surface area contributed by atoms with E-state index in [9.17, 15) is 14.4 Å². The highest BCUT2D eigenvalue weighted by molar-refractivity contribution is 5.71. The van der Waals surface area contributed by atoms with E-state index in [2.05, 4.69) is 142 Å². The molecule has 0 spiro atoms. The van der Waals surface area contributed by atoms with Crippen LogP contribution in [-0.2, 0) is 28.6 Å². The number of carbonyl (C=O) groups is 3. The van der Waals surface area contributed by atoms with Gasteiger partial charge in [-0.15, -0.1) is 0 Å². The van der Waals surface area contributed by atoms with Crippen molar-refractivity contribution < 1.29 is 28.6 Å². The van der Waals surface area contributed by atoms with E-state index in [1.165, 1.54) is 122 Å². The zero-order chi connectivity index (χ0) is 55.7. The summed E-state index contributed by atoms with van der Waals surface area (Å²) in [5.41, 5.74) is 0. The first-order chi connectivity index (χ1) is 38.0. The Morgan fingerprint density at radius 1 is 0.273 bits per heavy atom. The molecule has 0 aliphatic heterocycles. The third-order valence-electron chi connectivity index (χ3n) is 13.4. The quantitative estimate of drug-likeness (QED) is 0.0261. The van der Waals surface area contributed by atoms with Gasteiger partial charge >= 0.3 is 17.9 Å². The van der Waals surface area contributed by atoms with Gasteiger partial charge in [-0.05, 0) is 128 Å². The van der Waals surface area contributed by atoms with Gasteiger partial charge in [0.05, 0.1) is 0 Å². The van der Waals surface area contributed by atoms with Crippen LogP contribution < -0.4 is 0 Å². The van der Waals surface area contributed by atoms with Gasteiger partial charge in [0.2, 0.25) is 0 Å². The fraction of sp³-hybridized carbons (Fsp3) is 0.676. The van der Waals surface area contributed by atoms with Crippen LogP contribution in [0, 0.1) is 0 Å². The fourth-order valence-electron chi connectivity index (χ4n) is 8.69. The molecule has 0 aliphatic carbocycles. The number of carbonyl (C=O) groups excluding carboxylic acids is 3. The van der Waals surface area contributed by atoms with Crippen molar-refractivity contribution in [2.45, 2.75) is 297 Å². The van der Waals surface area contributed by atoms with Crippen LogP contribution in [-0.4, -0.2) is 37.2 Å². The van der Waals surface area contributed by atoms with Crippen LogP contribution in [0.2, 0.25) is 0 Å². The van der Waals surface area contributed by atoms with Gasteiger partial charge in [0.15, 0.2) is 6.10 Å². The summed E-state index contributed by atoms with van der Waals surface area (Å²) in [6, 6.07) is 0. The summed E-state index contributed by atoms with van der Waals surface area (Å²) in [5.74, 6) is -0.934. The molecule has 0 radical (unpaired) electrons. The third kappa shape index (κ3) is 62.5. The molecule has 0 amide bonds. The second-order valence-corrected chi connectivity index (χ2v) is 20.9. The van der Waals surface area contributed by atoms with Crippen molar-refractivity contribution in [2.24, 2.45) is 0 Å². The minimum atomic E-state index is -0.801. The number of unbranched alkanes of at least 4 members (excludes halogenated alkanes) is 26. The number of rotatable bonds is 57. The predicted molar refractivity (Wildman–Crippen MR) is 334 cm³/mol. The van der Waals surface area contributed by atoms with Crippen LogP contribution in [0.1, 0.15) is 290 Å². The zero-order valence-corrected chi connectivity index (χ0v) is 50.2. The second kappa shape index (κ2) is 64.3. The first kappa shape index (κ1) is 72.8. The molecule has 0 aromatic heterocycles. The van der Waals surface area contributed by atoms with E-state index >= 15 is 0 Å². The van der Waals surface area contributed by atoms with Crippen LogP contribution in [0.25, 0.3) is 0 Å². The van der Waals surface area contributed by atoms with Crippen LogP contribution in [0.5, 0.6) is 0 Å². The lowest BCUT2D eigenvalue weighted by atomic mass is 10.0. The van der Waals surface area contributed by atoms with E-state index in [1.54, 1.807) is 0 Å². The molecule has 0 rings (SSSR count). The molecule has 6 nitrogen and oxygen atoms in total. The molecular weight excluding hydrogens is 949 g/mol. The molecule has 1 atom stereocenters. The molecule has 0 saturated carbocycles. The molecule has 0 aliphatic rings. The first-order valence-electron chi connectivity index (χ1n) is 32.0. The van der Waals surface area contributed by atoms with E-state index in [0.29, 0.717) is 19.3 Å². The van der Waals surface area contributed by atoms with Crippen molar-refractivity contribution >= 4 is 17.9 Å². The van der Waals surface area contributed by atoms with Crippen LogP contribution in [0.4, 0.5) is 0 Å². The van der Waals surface area contributed by atoms with Gasteiger partial charge in [0, 0.05) is 19.3 Å². The maximum absolute atomic E-state index is 12.9. The van der Waals surface area contributed by atoms with E-state index in [-0.39, 0.29) is 31.1 Å². The standard InChI is InChI=1S/C71H118O6/c1-4-7-10-13-16-19-22-25-27-29-31-33-35-37-39-41-43-46-49-52-55-58-61-64-70(73)76-67-68(66-75-69(72)63-60-57-54-51-48-45-24-21-18-15-12-9-6-3)77-71(74)65-62-59-56-53-50-47-44-42-40-38-36-34-32-30-28-26-23-20-17-14-11-8-5-2/h7,9-10,12,16,18-19,21,23,25-27,30-33,37,39,45,48,68H,4-6,8,11,13-15,17,20,22,24,28-29,34-36,38,40-44,46-47,49-67H2,1-3H3/b10-7-,12-9-,19-16-,21-18-,26-23-,27-25-,32-30-,33-31-,39-37-,48-45-. The maximum atomic E-state index is 12.9. The lowest BCUT2D eigenvalue weighted by Gasteiger charge is -2.18. The van der Waals surface area contributed by atoms with Gasteiger partial charge < -0.3 is 14.2 Å². The number of allylic oxidation sites excluding steroid dienone is 20. The maximum Gasteiger partial charge on any atom is 0.306 e. The topological polar surface area (TPSA) is 78.9 Å². The Balaban J connectivity index is 4.38. The van der Waals surface area contributed by atoms with E-state index < -0.39 is 6.10 Å². The lowest BCUT2D eigenvalue weighted by Crippen LogP contribution is -2.30. The van der Waals surface area contributed by atoms with E-state index in [0.717, 1.165) is 128 Å². The Labute approximate surface area is 475 Å². The highest BCUT2D eigenvalue weighted by Gasteiger charge is 2.19. The van der Waals surface area contributed by atoms with Crippen LogP contribution >= 0.6 is 0 Å². The van der Waals surface area contributed by atoms with E-state index in [1.807, 2.05) is 0 Å². The Morgan fingerprint density at radius 3 is 0.805 bits per heavy atom. The van der Waals surface area contributed by atoms with Crippen molar-refractivity contribution in [3.05, 3.63) is 122 Å². The molecule has 0 heterocycles. The van der Waals surface area contributed by atoms with Crippen LogP contribution in [0.15, 0.2) is 122 Å². The summed E-state index contributed by atoms with van der Waals surface area (Å²) in [5, 5.41) is 0. The summed E-state index contributed by atoms with van der Waals surface area (Å²) in [6.07, 6.45) is 89.2. The summed E-state index contributed by atoms with van der Waals surface area (Å²) in [7, 11) is 0. The van der Waals surface area contributed by atoms with Gasteiger partial charge in [0.25, 0.3) is 0 Å². The SMILES string of the molecule is CC/C=C\C/C=C\C/C=C\C/C=C\C/C=C\CCCCCCCCCC(=O)OCC(COC(=O)CCCCC/C=C\C/C=C\C/C=C\CC)OC(=O)CCCCCCCCCCCCC/C=C\C/C=C\CCCCCCC. The van der Waals surface area contributed by atoms with Gasteiger partial charge in [0.1, 0.15) is 13.2 Å². The van der Waals surface area contributed by atoms with Crippen molar-refractivity contribution in [1.82, 2.24) is 0 Å². The smallest absolute Gasteiger partial charge is 0.306 e. The number of ether oxygens (including phenoxy) is 3. The third-order valence-corrected chi connectivity index (χ3v) is 13.4. The summed E-state index contributed by atoms with van der Waals surface area (Å²) < 4.78 is 16.9. The van der Waals surface area contributed by atoms with Crippen molar-refractivity contribution in [3.8, 4) is 0 Å². The Morgan fingerprint density at radius 2 is 0.506 bits per heavy atom. The van der Waals surface area contributed by atoms with E-state index in [4.69, 9.17) is 14.2 Å². The number of esters is 3. The van der Waals surface area contributed by atoms with Gasteiger partial charge in [-0.3, -0.25) is 14.4 Å². The van der Waals surface area contributed by atoms with Gasteiger partial charge in [-0.1, -0.05) is 264 Å². The molecule has 0 aromatic carbocycles. The number of hydrogen-bond donors (Lipinski definition) is 0. The van der Waals surface area contributed by atoms with Crippen LogP contribution in [0.3, 0.4) is 0 Å². The zero-order valence-electron chi connectivity index (χ0n) is 50.2. The molecule has 438 valence electrons. The monoisotopic (exact) mass is 1070 g/mol. The molecule has 0 saturated heterocycles. The van der Waals surface area contributed by atoms with Crippen molar-refractivity contribution in [2.75, 3.05) is 13.2 Å². The highest BCUT2D eigenvalue weighted by atomic mass is 16.6. The Kier molecular flexibility index (Phi) is 60.8. The van der Waals surface area contributed by atoms with Crippen molar-refractivity contribution in [3.63, 3.8) is 0 Å². The second-order valence-electron chi connectivity index (χ2n) is 20.9. The summed E-state index contributed by atoms with van der Waals surface area (Å²) >= 11 is 0. The molecule has 6 heteroatoms. The fourth-order valence-corrected chi connectivity index (χ4v) is 8.69. The molecular formula is C71H118O6. The summed E-state index contributed by atoms with van der Waals surface area (Å²) in [6.45, 7) is 6.38. The molecule has 1 unspecified atom stereocenters. The minimum Gasteiger partial charge on any atom is -0.462 e. The predicted octanol–water partition coefficient (Wildman–Crippen LogP) is 22.0. The van der Waals surface area contributed by atoms with Crippen molar-refractivity contribution in [1.29, 1.82) is 0 Å².